The average molecular weight is 249 g/mol. The number of rotatable bonds is 2. The molecule has 18 heavy (non-hydrogen) atoms. The number of nitrogens with zero attached hydrogens (tertiary/aromatic N) is 3. The molecule has 2 aromatic rings. The van der Waals surface area contributed by atoms with Gasteiger partial charge in [-0.2, -0.15) is 0 Å². The summed E-state index contributed by atoms with van der Waals surface area (Å²) in [5.74, 6) is 0.0163. The number of amides is 1. The molecule has 3 heterocycles. The SMILES string of the molecule is NC(=O)[C@@H]1C[C@@H](F)CN1c1ncnc2[nH]ccc12. The fraction of sp³-hybridized carbons (Fsp3) is 0.364. The maximum atomic E-state index is 13.5. The Morgan fingerprint density at radius 3 is 3.17 bits per heavy atom. The van der Waals surface area contributed by atoms with Crippen LogP contribution in [-0.4, -0.2) is 39.6 Å². The van der Waals surface area contributed by atoms with Crippen molar-refractivity contribution < 1.29 is 9.18 Å². The van der Waals surface area contributed by atoms with Gasteiger partial charge in [0.05, 0.1) is 11.9 Å². The zero-order chi connectivity index (χ0) is 12.7. The van der Waals surface area contributed by atoms with Crippen molar-refractivity contribution in [1.29, 1.82) is 0 Å². The number of H-pyrrole nitrogens is 1. The van der Waals surface area contributed by atoms with Crippen LogP contribution in [0.2, 0.25) is 0 Å². The molecule has 0 unspecified atom stereocenters. The average Bonchev–Trinajstić information content (AvgIpc) is 2.94. The summed E-state index contributed by atoms with van der Waals surface area (Å²) in [5.41, 5.74) is 5.97. The van der Waals surface area contributed by atoms with E-state index in [0.29, 0.717) is 11.5 Å². The van der Waals surface area contributed by atoms with Crippen LogP contribution in [0.1, 0.15) is 6.42 Å². The molecule has 0 aromatic carbocycles. The molecule has 3 rings (SSSR count). The van der Waals surface area contributed by atoms with Crippen LogP contribution in [0.15, 0.2) is 18.6 Å². The molecule has 1 aliphatic rings. The summed E-state index contributed by atoms with van der Waals surface area (Å²) in [6, 6.07) is 1.15. The second-order valence-corrected chi connectivity index (χ2v) is 4.34. The molecule has 1 fully saturated rings. The third-order valence-corrected chi connectivity index (χ3v) is 3.18. The van der Waals surface area contributed by atoms with Crippen molar-refractivity contribution in [2.24, 2.45) is 5.73 Å². The van der Waals surface area contributed by atoms with E-state index in [9.17, 15) is 9.18 Å². The van der Waals surface area contributed by atoms with Crippen LogP contribution in [0.25, 0.3) is 11.0 Å². The lowest BCUT2D eigenvalue weighted by atomic mass is 10.2. The number of nitrogens with two attached hydrogens (primary N) is 1. The van der Waals surface area contributed by atoms with E-state index in [-0.39, 0.29) is 13.0 Å². The highest BCUT2D eigenvalue weighted by atomic mass is 19.1. The zero-order valence-corrected chi connectivity index (χ0v) is 9.51. The van der Waals surface area contributed by atoms with Crippen LogP contribution < -0.4 is 10.6 Å². The molecule has 0 radical (unpaired) electrons. The van der Waals surface area contributed by atoms with Gasteiger partial charge >= 0.3 is 0 Å². The quantitative estimate of drug-likeness (QED) is 0.804. The minimum absolute atomic E-state index is 0.116. The Bertz CT molecular complexity index is 598. The monoisotopic (exact) mass is 249 g/mol. The van der Waals surface area contributed by atoms with E-state index in [1.807, 2.05) is 0 Å². The van der Waals surface area contributed by atoms with Crippen LogP contribution in [-0.2, 0) is 4.79 Å². The van der Waals surface area contributed by atoms with Gasteiger partial charge in [0.15, 0.2) is 0 Å². The van der Waals surface area contributed by atoms with Gasteiger partial charge in [0.2, 0.25) is 5.91 Å². The molecule has 7 heteroatoms. The van der Waals surface area contributed by atoms with Crippen molar-refractivity contribution in [3.63, 3.8) is 0 Å². The molecule has 0 saturated carbocycles. The molecule has 0 aliphatic carbocycles. The number of aromatic amines is 1. The smallest absolute Gasteiger partial charge is 0.240 e. The topological polar surface area (TPSA) is 87.9 Å². The molecule has 94 valence electrons. The maximum Gasteiger partial charge on any atom is 0.240 e. The number of carbonyl (C=O) groups excluding carboxylic acids is 1. The lowest BCUT2D eigenvalue weighted by molar-refractivity contribution is -0.119. The molecule has 1 aliphatic heterocycles. The van der Waals surface area contributed by atoms with E-state index in [1.54, 1.807) is 17.2 Å². The van der Waals surface area contributed by atoms with Crippen molar-refractivity contribution in [2.75, 3.05) is 11.4 Å². The van der Waals surface area contributed by atoms with E-state index in [0.717, 1.165) is 5.39 Å². The Labute approximate surface area is 102 Å². The summed E-state index contributed by atoms with van der Waals surface area (Å²) in [4.78, 5) is 24.1. The molecule has 3 N–H and O–H groups in total. The molecule has 6 nitrogen and oxygen atoms in total. The third-order valence-electron chi connectivity index (χ3n) is 3.18. The molecule has 1 amide bonds. The number of aromatic nitrogens is 3. The highest BCUT2D eigenvalue weighted by Gasteiger charge is 2.37. The lowest BCUT2D eigenvalue weighted by Gasteiger charge is -2.23. The minimum Gasteiger partial charge on any atom is -0.368 e. The first-order valence-corrected chi connectivity index (χ1v) is 5.65. The number of halogens is 1. The first kappa shape index (κ1) is 10.9. The second kappa shape index (κ2) is 3.94. The van der Waals surface area contributed by atoms with Gasteiger partial charge in [-0.15, -0.1) is 0 Å². The van der Waals surface area contributed by atoms with Crippen LogP contribution in [0.5, 0.6) is 0 Å². The van der Waals surface area contributed by atoms with Gasteiger partial charge in [-0.25, -0.2) is 14.4 Å². The van der Waals surface area contributed by atoms with Crippen LogP contribution >= 0.6 is 0 Å². The number of carbonyl (C=O) groups is 1. The summed E-state index contributed by atoms with van der Waals surface area (Å²) in [6.45, 7) is 0.130. The summed E-state index contributed by atoms with van der Waals surface area (Å²) in [7, 11) is 0. The molecule has 0 bridgehead atoms. The van der Waals surface area contributed by atoms with Crippen molar-refractivity contribution >= 4 is 22.8 Å². The highest BCUT2D eigenvalue weighted by molar-refractivity contribution is 5.91. The third kappa shape index (κ3) is 1.59. The van der Waals surface area contributed by atoms with E-state index in [1.165, 1.54) is 6.33 Å². The zero-order valence-electron chi connectivity index (χ0n) is 9.51. The van der Waals surface area contributed by atoms with E-state index >= 15 is 0 Å². The fourth-order valence-electron chi connectivity index (χ4n) is 2.38. The molecule has 2 aromatic heterocycles. The predicted molar refractivity (Wildman–Crippen MR) is 63.7 cm³/mol. The highest BCUT2D eigenvalue weighted by Crippen LogP contribution is 2.30. The van der Waals surface area contributed by atoms with Crippen LogP contribution in [0.3, 0.4) is 0 Å². The van der Waals surface area contributed by atoms with Crippen LogP contribution in [0, 0.1) is 0 Å². The van der Waals surface area contributed by atoms with Crippen molar-refractivity contribution in [2.45, 2.75) is 18.6 Å². The van der Waals surface area contributed by atoms with Gasteiger partial charge in [0.25, 0.3) is 0 Å². The minimum atomic E-state index is -1.06. The number of hydrogen-bond donors (Lipinski definition) is 2. The van der Waals surface area contributed by atoms with Gasteiger partial charge in [-0.05, 0) is 6.07 Å². The van der Waals surface area contributed by atoms with Crippen molar-refractivity contribution in [3.8, 4) is 0 Å². The van der Waals surface area contributed by atoms with E-state index in [4.69, 9.17) is 5.73 Å². The molecular formula is C11H12FN5O. The molecular weight excluding hydrogens is 237 g/mol. The number of nitrogens with one attached hydrogen (secondary N) is 1. The van der Waals surface area contributed by atoms with Gasteiger partial charge in [0, 0.05) is 12.6 Å². The van der Waals surface area contributed by atoms with Gasteiger partial charge in [-0.1, -0.05) is 0 Å². The molecule has 2 atom stereocenters. The maximum absolute atomic E-state index is 13.5. The van der Waals surface area contributed by atoms with Gasteiger partial charge in [0.1, 0.15) is 30.0 Å². The summed E-state index contributed by atoms with van der Waals surface area (Å²) in [6.07, 6.45) is 2.17. The lowest BCUT2D eigenvalue weighted by Crippen LogP contribution is -2.40. The Morgan fingerprint density at radius 2 is 2.39 bits per heavy atom. The first-order valence-electron chi connectivity index (χ1n) is 5.65. The Kier molecular flexibility index (Phi) is 2.39. The van der Waals surface area contributed by atoms with Crippen LogP contribution in [0.4, 0.5) is 10.2 Å². The van der Waals surface area contributed by atoms with E-state index < -0.39 is 18.1 Å². The Hall–Kier alpha value is -2.18. The van der Waals surface area contributed by atoms with Gasteiger partial charge < -0.3 is 15.6 Å². The van der Waals surface area contributed by atoms with Crippen molar-refractivity contribution in [1.82, 2.24) is 15.0 Å². The van der Waals surface area contributed by atoms with Crippen molar-refractivity contribution in [3.05, 3.63) is 18.6 Å². The second-order valence-electron chi connectivity index (χ2n) is 4.34. The molecule has 0 spiro atoms. The fourth-order valence-corrected chi connectivity index (χ4v) is 2.38. The Morgan fingerprint density at radius 1 is 1.56 bits per heavy atom. The standard InChI is InChI=1S/C11H12FN5O/c12-6-3-8(9(13)18)17(4-6)11-7-1-2-14-10(7)15-5-16-11/h1-2,5-6,8H,3-4H2,(H2,13,18)(H,14,15,16)/t6-,8+/m1/s1. The normalized spacial score (nSPS) is 23.7. The number of hydrogen-bond acceptors (Lipinski definition) is 4. The predicted octanol–water partition coefficient (Wildman–Crippen LogP) is 0.360. The molecule has 1 saturated heterocycles. The summed E-state index contributed by atoms with van der Waals surface area (Å²) >= 11 is 0. The van der Waals surface area contributed by atoms with E-state index in [2.05, 4.69) is 15.0 Å². The number of anilines is 1. The Balaban J connectivity index is 2.08. The summed E-state index contributed by atoms with van der Waals surface area (Å²) in [5, 5.41) is 0.762. The number of alkyl halides is 1. The number of primary amides is 1. The first-order chi connectivity index (χ1) is 8.66. The number of fused-ring (bicyclic) bond motifs is 1. The van der Waals surface area contributed by atoms with Gasteiger partial charge in [-0.3, -0.25) is 4.79 Å². The largest absolute Gasteiger partial charge is 0.368 e. The summed E-state index contributed by atoms with van der Waals surface area (Å²) < 4.78 is 13.5.